The molecule has 1 saturated heterocycles. The van der Waals surface area contributed by atoms with Gasteiger partial charge in [0.15, 0.2) is 0 Å². The third kappa shape index (κ3) is 3.87. The molecule has 2 aliphatic heterocycles. The first kappa shape index (κ1) is 16.8. The second-order valence-electron chi connectivity index (χ2n) is 6.47. The van der Waals surface area contributed by atoms with E-state index in [4.69, 9.17) is 9.47 Å². The van der Waals surface area contributed by atoms with E-state index in [1.54, 1.807) is 12.0 Å². The highest BCUT2D eigenvalue weighted by Crippen LogP contribution is 2.27. The monoisotopic (exact) mass is 332 g/mol. The minimum Gasteiger partial charge on any atom is -0.492 e. The lowest BCUT2D eigenvalue weighted by Gasteiger charge is -2.25. The highest BCUT2D eigenvalue weighted by molar-refractivity contribution is 5.80. The fraction of sp³-hybridized carbons (Fsp3) is 0.556. The molecule has 2 heterocycles. The van der Waals surface area contributed by atoms with Crippen LogP contribution in [0.25, 0.3) is 0 Å². The quantitative estimate of drug-likeness (QED) is 0.839. The summed E-state index contributed by atoms with van der Waals surface area (Å²) in [6.45, 7) is 2.79. The van der Waals surface area contributed by atoms with Crippen molar-refractivity contribution in [2.75, 3.05) is 40.0 Å². The van der Waals surface area contributed by atoms with Crippen LogP contribution in [0.3, 0.4) is 0 Å². The van der Waals surface area contributed by atoms with Crippen LogP contribution >= 0.6 is 0 Å². The lowest BCUT2D eigenvalue weighted by Crippen LogP contribution is -2.40. The van der Waals surface area contributed by atoms with Crippen LogP contribution in [0.5, 0.6) is 5.75 Å². The van der Waals surface area contributed by atoms with Gasteiger partial charge in [-0.1, -0.05) is 18.2 Å². The number of nitrogens with zero attached hydrogens (tertiary/aromatic N) is 1. The van der Waals surface area contributed by atoms with Gasteiger partial charge in [-0.05, 0) is 18.1 Å². The van der Waals surface area contributed by atoms with Gasteiger partial charge >= 0.3 is 0 Å². The topological polar surface area (TPSA) is 67.9 Å². The van der Waals surface area contributed by atoms with Crippen molar-refractivity contribution >= 4 is 11.8 Å². The van der Waals surface area contributed by atoms with E-state index in [0.29, 0.717) is 45.7 Å². The van der Waals surface area contributed by atoms with Crippen LogP contribution in [0.1, 0.15) is 12.0 Å². The van der Waals surface area contributed by atoms with E-state index >= 15 is 0 Å². The molecule has 0 radical (unpaired) electrons. The summed E-state index contributed by atoms with van der Waals surface area (Å²) in [5, 5.41) is 2.99. The first-order valence-corrected chi connectivity index (χ1v) is 8.42. The molecule has 2 amide bonds. The molecule has 0 saturated carbocycles. The summed E-state index contributed by atoms with van der Waals surface area (Å²) < 4.78 is 10.7. The van der Waals surface area contributed by atoms with Gasteiger partial charge in [-0.2, -0.15) is 0 Å². The lowest BCUT2D eigenvalue weighted by molar-refractivity contribution is -0.128. The zero-order valence-corrected chi connectivity index (χ0v) is 14.0. The van der Waals surface area contributed by atoms with Crippen molar-refractivity contribution < 1.29 is 19.1 Å². The summed E-state index contributed by atoms with van der Waals surface area (Å²) in [6.07, 6.45) is 1.19. The lowest BCUT2D eigenvalue weighted by atomic mass is 9.96. The predicted octanol–water partition coefficient (Wildman–Crippen LogP) is 0.849. The van der Waals surface area contributed by atoms with Gasteiger partial charge in [-0.15, -0.1) is 0 Å². The SMILES string of the molecule is COCCN1C[C@H](CNC(=O)[C@H]2COc3ccccc3C2)CC1=O. The minimum atomic E-state index is -0.165. The molecule has 0 spiro atoms. The molecule has 3 rings (SSSR count). The molecule has 6 heteroatoms. The Morgan fingerprint density at radius 1 is 1.38 bits per heavy atom. The Balaban J connectivity index is 1.46. The van der Waals surface area contributed by atoms with Crippen molar-refractivity contribution in [3.8, 4) is 5.75 Å². The second kappa shape index (κ2) is 7.66. The number of nitrogens with one attached hydrogen (secondary N) is 1. The molecular formula is C18H24N2O4. The Kier molecular flexibility index (Phi) is 5.35. The van der Waals surface area contributed by atoms with E-state index in [1.165, 1.54) is 0 Å². The number of carbonyl (C=O) groups is 2. The Morgan fingerprint density at radius 2 is 2.21 bits per heavy atom. The Bertz CT molecular complexity index is 604. The maximum Gasteiger partial charge on any atom is 0.226 e. The van der Waals surface area contributed by atoms with Crippen LogP contribution < -0.4 is 10.1 Å². The smallest absolute Gasteiger partial charge is 0.226 e. The molecule has 0 aliphatic carbocycles. The number of benzene rings is 1. The van der Waals surface area contributed by atoms with Gasteiger partial charge in [-0.3, -0.25) is 9.59 Å². The van der Waals surface area contributed by atoms with Gasteiger partial charge in [0, 0.05) is 39.1 Å². The molecule has 1 aromatic carbocycles. The number of rotatable bonds is 6. The maximum absolute atomic E-state index is 12.4. The molecule has 24 heavy (non-hydrogen) atoms. The molecule has 130 valence electrons. The Labute approximate surface area is 142 Å². The van der Waals surface area contributed by atoms with E-state index in [1.807, 2.05) is 24.3 Å². The number of ether oxygens (including phenoxy) is 2. The number of para-hydroxylation sites is 1. The van der Waals surface area contributed by atoms with E-state index in [-0.39, 0.29) is 23.7 Å². The van der Waals surface area contributed by atoms with Crippen LogP contribution in [-0.4, -0.2) is 56.7 Å². The maximum atomic E-state index is 12.4. The average Bonchev–Trinajstić information content (AvgIpc) is 2.97. The largest absolute Gasteiger partial charge is 0.492 e. The highest BCUT2D eigenvalue weighted by Gasteiger charge is 2.31. The first-order chi connectivity index (χ1) is 11.7. The number of hydrogen-bond donors (Lipinski definition) is 1. The summed E-state index contributed by atoms with van der Waals surface area (Å²) in [7, 11) is 1.63. The van der Waals surface area contributed by atoms with E-state index in [0.717, 1.165) is 11.3 Å². The van der Waals surface area contributed by atoms with Gasteiger partial charge in [-0.25, -0.2) is 0 Å². The predicted molar refractivity (Wildman–Crippen MR) is 88.7 cm³/mol. The molecule has 1 N–H and O–H groups in total. The zero-order chi connectivity index (χ0) is 16.9. The molecule has 6 nitrogen and oxygen atoms in total. The summed E-state index contributed by atoms with van der Waals surface area (Å²) in [5.74, 6) is 1.03. The molecule has 0 aromatic heterocycles. The number of likely N-dealkylation sites (tertiary alicyclic amines) is 1. The molecular weight excluding hydrogens is 308 g/mol. The fourth-order valence-electron chi connectivity index (χ4n) is 3.29. The van der Waals surface area contributed by atoms with Crippen LogP contribution in [0, 0.1) is 11.8 Å². The first-order valence-electron chi connectivity index (χ1n) is 8.42. The third-order valence-corrected chi connectivity index (χ3v) is 4.67. The van der Waals surface area contributed by atoms with Crippen LogP contribution in [0.2, 0.25) is 0 Å². The van der Waals surface area contributed by atoms with Crippen molar-refractivity contribution in [3.05, 3.63) is 29.8 Å². The molecule has 2 atom stereocenters. The van der Waals surface area contributed by atoms with Crippen molar-refractivity contribution in [3.63, 3.8) is 0 Å². The third-order valence-electron chi connectivity index (χ3n) is 4.67. The van der Waals surface area contributed by atoms with Crippen molar-refractivity contribution in [2.45, 2.75) is 12.8 Å². The van der Waals surface area contributed by atoms with E-state index in [9.17, 15) is 9.59 Å². The highest BCUT2D eigenvalue weighted by atomic mass is 16.5. The number of carbonyl (C=O) groups excluding carboxylic acids is 2. The summed E-state index contributed by atoms with van der Waals surface area (Å²) >= 11 is 0. The van der Waals surface area contributed by atoms with Crippen molar-refractivity contribution in [1.29, 1.82) is 0 Å². The normalized spacial score (nSPS) is 22.9. The number of hydrogen-bond acceptors (Lipinski definition) is 4. The van der Waals surface area contributed by atoms with Gasteiger partial charge in [0.1, 0.15) is 12.4 Å². The van der Waals surface area contributed by atoms with Crippen LogP contribution in [0.4, 0.5) is 0 Å². The van der Waals surface area contributed by atoms with Crippen LogP contribution in [-0.2, 0) is 20.7 Å². The Morgan fingerprint density at radius 3 is 3.04 bits per heavy atom. The van der Waals surface area contributed by atoms with Crippen molar-refractivity contribution in [1.82, 2.24) is 10.2 Å². The Hall–Kier alpha value is -2.08. The number of fused-ring (bicyclic) bond motifs is 1. The fourth-order valence-corrected chi connectivity index (χ4v) is 3.29. The van der Waals surface area contributed by atoms with Gasteiger partial charge in [0.05, 0.1) is 12.5 Å². The zero-order valence-electron chi connectivity index (χ0n) is 14.0. The van der Waals surface area contributed by atoms with E-state index < -0.39 is 0 Å². The summed E-state index contributed by atoms with van der Waals surface area (Å²) in [5.41, 5.74) is 1.07. The summed E-state index contributed by atoms with van der Waals surface area (Å²) in [6, 6.07) is 7.83. The van der Waals surface area contributed by atoms with E-state index in [2.05, 4.69) is 5.32 Å². The molecule has 1 aromatic rings. The molecule has 2 aliphatic rings. The van der Waals surface area contributed by atoms with Crippen molar-refractivity contribution in [2.24, 2.45) is 11.8 Å². The molecule has 0 bridgehead atoms. The summed E-state index contributed by atoms with van der Waals surface area (Å²) in [4.78, 5) is 26.1. The minimum absolute atomic E-state index is 0.00675. The van der Waals surface area contributed by atoms with Crippen LogP contribution in [0.15, 0.2) is 24.3 Å². The standard InChI is InChI=1S/C18H24N2O4/c1-23-7-6-20-11-13(8-17(20)21)10-19-18(22)15-9-14-4-2-3-5-16(14)24-12-15/h2-5,13,15H,6-12H2,1H3,(H,19,22)/t13-,15+/m0/s1. The van der Waals surface area contributed by atoms with Gasteiger partial charge in [0.25, 0.3) is 0 Å². The molecule has 1 fully saturated rings. The van der Waals surface area contributed by atoms with Gasteiger partial charge < -0.3 is 19.7 Å². The second-order valence-corrected chi connectivity index (χ2v) is 6.47. The average molecular weight is 332 g/mol. The molecule has 0 unspecified atom stereocenters. The van der Waals surface area contributed by atoms with Gasteiger partial charge in [0.2, 0.25) is 11.8 Å². The number of methoxy groups -OCH3 is 1. The number of amides is 2.